The van der Waals surface area contributed by atoms with E-state index in [-0.39, 0.29) is 6.42 Å². The van der Waals surface area contributed by atoms with Crippen molar-refractivity contribution in [3.05, 3.63) is 11.5 Å². The topological polar surface area (TPSA) is 63.6 Å². The minimum atomic E-state index is -0.836. The van der Waals surface area contributed by atoms with Crippen LogP contribution in [0.25, 0.3) is 0 Å². The number of carboxylic acids is 1. The number of esters is 1. The highest BCUT2D eigenvalue weighted by atomic mass is 32.2. The van der Waals surface area contributed by atoms with E-state index >= 15 is 0 Å². The molecule has 0 aliphatic carbocycles. The Morgan fingerprint density at radius 3 is 2.77 bits per heavy atom. The normalized spacial score (nSPS) is 10.2. The van der Waals surface area contributed by atoms with Crippen LogP contribution < -0.4 is 0 Å². The SMILES string of the molecule is CCOC(=O)/C=C/SCCC(=O)O. The minimum absolute atomic E-state index is 0.0951. The van der Waals surface area contributed by atoms with Gasteiger partial charge in [0.2, 0.25) is 0 Å². The molecule has 0 atom stereocenters. The van der Waals surface area contributed by atoms with Crippen molar-refractivity contribution < 1.29 is 19.4 Å². The second kappa shape index (κ2) is 7.67. The molecular formula is C8H12O4S. The van der Waals surface area contributed by atoms with Gasteiger partial charge in [-0.15, -0.1) is 11.8 Å². The number of ether oxygens (including phenoxy) is 1. The van der Waals surface area contributed by atoms with Gasteiger partial charge in [-0.3, -0.25) is 4.79 Å². The fraction of sp³-hybridized carbons (Fsp3) is 0.500. The molecule has 0 saturated carbocycles. The highest BCUT2D eigenvalue weighted by Gasteiger charge is 1.95. The fourth-order valence-electron chi connectivity index (χ4n) is 0.508. The molecule has 0 aromatic heterocycles. The summed E-state index contributed by atoms with van der Waals surface area (Å²) >= 11 is 1.27. The highest BCUT2D eigenvalue weighted by molar-refractivity contribution is 8.02. The quantitative estimate of drug-likeness (QED) is 0.401. The van der Waals surface area contributed by atoms with E-state index in [0.29, 0.717) is 12.4 Å². The van der Waals surface area contributed by atoms with Gasteiger partial charge < -0.3 is 9.84 Å². The summed E-state index contributed by atoms with van der Waals surface area (Å²) in [4.78, 5) is 20.8. The maximum atomic E-state index is 10.7. The Morgan fingerprint density at radius 1 is 1.54 bits per heavy atom. The van der Waals surface area contributed by atoms with Gasteiger partial charge in [-0.25, -0.2) is 4.79 Å². The monoisotopic (exact) mass is 204 g/mol. The molecule has 0 rings (SSSR count). The van der Waals surface area contributed by atoms with Crippen molar-refractivity contribution in [3.63, 3.8) is 0 Å². The first-order chi connectivity index (χ1) is 6.16. The second-order valence-electron chi connectivity index (χ2n) is 2.07. The molecule has 0 heterocycles. The number of carbonyl (C=O) groups excluding carboxylic acids is 1. The number of aliphatic carboxylic acids is 1. The maximum Gasteiger partial charge on any atom is 0.331 e. The lowest BCUT2D eigenvalue weighted by Crippen LogP contribution is -1.98. The molecule has 0 saturated heterocycles. The number of thioether (sulfide) groups is 1. The Bertz CT molecular complexity index is 200. The predicted molar refractivity (Wildman–Crippen MR) is 50.5 cm³/mol. The average molecular weight is 204 g/mol. The van der Waals surface area contributed by atoms with Gasteiger partial charge in [0, 0.05) is 11.8 Å². The van der Waals surface area contributed by atoms with Crippen molar-refractivity contribution in [1.29, 1.82) is 0 Å². The summed E-state index contributed by atoms with van der Waals surface area (Å²) in [5.41, 5.74) is 0. The third kappa shape index (κ3) is 8.94. The average Bonchev–Trinajstić information content (AvgIpc) is 2.03. The van der Waals surface area contributed by atoms with Crippen LogP contribution in [-0.4, -0.2) is 29.4 Å². The van der Waals surface area contributed by atoms with Crippen molar-refractivity contribution in [1.82, 2.24) is 0 Å². The molecule has 0 aromatic rings. The number of hydrogen-bond donors (Lipinski definition) is 1. The standard InChI is InChI=1S/C8H12O4S/c1-2-12-8(11)4-6-13-5-3-7(9)10/h4,6H,2-3,5H2,1H3,(H,9,10)/b6-4+. The first kappa shape index (κ1) is 12.0. The van der Waals surface area contributed by atoms with E-state index < -0.39 is 11.9 Å². The van der Waals surface area contributed by atoms with Crippen LogP contribution in [0.1, 0.15) is 13.3 Å². The first-order valence-electron chi connectivity index (χ1n) is 3.83. The molecular weight excluding hydrogens is 192 g/mol. The molecule has 4 nitrogen and oxygen atoms in total. The maximum absolute atomic E-state index is 10.7. The largest absolute Gasteiger partial charge is 0.481 e. The molecule has 1 N–H and O–H groups in total. The van der Waals surface area contributed by atoms with Crippen LogP contribution in [0.15, 0.2) is 11.5 Å². The summed E-state index contributed by atoms with van der Waals surface area (Å²) in [6.45, 7) is 2.08. The van der Waals surface area contributed by atoms with Crippen LogP contribution >= 0.6 is 11.8 Å². The van der Waals surface area contributed by atoms with Crippen LogP contribution in [-0.2, 0) is 14.3 Å². The summed E-state index contributed by atoms with van der Waals surface area (Å²) in [5.74, 6) is -0.770. The van der Waals surface area contributed by atoms with Gasteiger partial charge in [0.15, 0.2) is 0 Å². The molecule has 0 aromatic carbocycles. The molecule has 5 heteroatoms. The van der Waals surface area contributed by atoms with Crippen LogP contribution in [0.5, 0.6) is 0 Å². The lowest BCUT2D eigenvalue weighted by molar-refractivity contribution is -0.137. The minimum Gasteiger partial charge on any atom is -0.481 e. The van der Waals surface area contributed by atoms with Crippen molar-refractivity contribution in [3.8, 4) is 0 Å². The van der Waals surface area contributed by atoms with Gasteiger partial charge in [0.05, 0.1) is 13.0 Å². The van der Waals surface area contributed by atoms with Gasteiger partial charge in [-0.1, -0.05) is 0 Å². The lowest BCUT2D eigenvalue weighted by Gasteiger charge is -1.94. The molecule has 0 amide bonds. The third-order valence-corrected chi connectivity index (χ3v) is 1.79. The zero-order chi connectivity index (χ0) is 10.1. The van der Waals surface area contributed by atoms with Gasteiger partial charge in [-0.05, 0) is 12.3 Å². The van der Waals surface area contributed by atoms with E-state index in [0.717, 1.165) is 0 Å². The molecule has 0 aliphatic heterocycles. The summed E-state index contributed by atoms with van der Waals surface area (Å²) in [6, 6.07) is 0. The Kier molecular flexibility index (Phi) is 7.10. The van der Waals surface area contributed by atoms with E-state index in [1.165, 1.54) is 17.8 Å². The Morgan fingerprint density at radius 2 is 2.23 bits per heavy atom. The highest BCUT2D eigenvalue weighted by Crippen LogP contribution is 2.03. The van der Waals surface area contributed by atoms with Crippen molar-refractivity contribution in [2.75, 3.05) is 12.4 Å². The first-order valence-corrected chi connectivity index (χ1v) is 4.88. The van der Waals surface area contributed by atoms with E-state index in [4.69, 9.17) is 5.11 Å². The predicted octanol–water partition coefficient (Wildman–Crippen LogP) is 1.27. The Labute approximate surface area is 81.0 Å². The van der Waals surface area contributed by atoms with Crippen LogP contribution in [0.2, 0.25) is 0 Å². The van der Waals surface area contributed by atoms with Crippen molar-refractivity contribution in [2.24, 2.45) is 0 Å². The third-order valence-electron chi connectivity index (χ3n) is 1.02. The van der Waals surface area contributed by atoms with E-state index in [9.17, 15) is 9.59 Å². The van der Waals surface area contributed by atoms with Gasteiger partial charge >= 0.3 is 11.9 Å². The number of carbonyl (C=O) groups is 2. The molecule has 0 spiro atoms. The number of carboxylic acid groups (broad SMARTS) is 1. The summed E-state index contributed by atoms with van der Waals surface area (Å²) in [7, 11) is 0. The molecule has 0 fully saturated rings. The Balaban J connectivity index is 3.40. The smallest absolute Gasteiger partial charge is 0.331 e. The molecule has 0 bridgehead atoms. The van der Waals surface area contributed by atoms with Crippen molar-refractivity contribution in [2.45, 2.75) is 13.3 Å². The molecule has 0 aliphatic rings. The second-order valence-corrected chi connectivity index (χ2v) is 3.08. The van der Waals surface area contributed by atoms with E-state index in [1.807, 2.05) is 0 Å². The molecule has 13 heavy (non-hydrogen) atoms. The van der Waals surface area contributed by atoms with Crippen molar-refractivity contribution >= 4 is 23.7 Å². The zero-order valence-corrected chi connectivity index (χ0v) is 8.17. The van der Waals surface area contributed by atoms with Crippen LogP contribution in [0.4, 0.5) is 0 Å². The zero-order valence-electron chi connectivity index (χ0n) is 7.36. The number of hydrogen-bond acceptors (Lipinski definition) is 4. The summed E-state index contributed by atoms with van der Waals surface area (Å²) < 4.78 is 4.61. The lowest BCUT2D eigenvalue weighted by atomic mass is 10.5. The molecule has 0 unspecified atom stereocenters. The van der Waals surface area contributed by atoms with Crippen LogP contribution in [0.3, 0.4) is 0 Å². The van der Waals surface area contributed by atoms with E-state index in [1.54, 1.807) is 12.3 Å². The molecule has 0 radical (unpaired) electrons. The summed E-state index contributed by atoms with van der Waals surface area (Å²) in [5, 5.41) is 9.82. The number of rotatable bonds is 6. The fourth-order valence-corrected chi connectivity index (χ4v) is 1.14. The molecule has 74 valence electrons. The van der Waals surface area contributed by atoms with Gasteiger partial charge in [0.25, 0.3) is 0 Å². The van der Waals surface area contributed by atoms with Crippen LogP contribution in [0, 0.1) is 0 Å². The Hall–Kier alpha value is -0.970. The summed E-state index contributed by atoms with van der Waals surface area (Å²) in [6.07, 6.45) is 1.38. The van der Waals surface area contributed by atoms with E-state index in [2.05, 4.69) is 4.74 Å². The van der Waals surface area contributed by atoms with Gasteiger partial charge in [0.1, 0.15) is 0 Å². The van der Waals surface area contributed by atoms with Gasteiger partial charge in [-0.2, -0.15) is 0 Å².